The number of rotatable bonds is 5. The molecular weight excluding hydrogens is 474 g/mol. The molecule has 0 aromatic heterocycles. The number of benzene rings is 2. The molecule has 2 heterocycles. The number of imide groups is 1. The maximum atomic E-state index is 13.1. The summed E-state index contributed by atoms with van der Waals surface area (Å²) in [5, 5.41) is 14.4. The zero-order chi connectivity index (χ0) is 26.6. The molecule has 9 nitrogen and oxygen atoms in total. The molecular formula is C28H35N3O6. The van der Waals surface area contributed by atoms with Gasteiger partial charge in [-0.15, -0.1) is 0 Å². The smallest absolute Gasteiger partial charge is 0.421 e. The second-order valence-corrected chi connectivity index (χ2v) is 10.6. The number of hydrogen-bond donors (Lipinski definition) is 2. The van der Waals surface area contributed by atoms with Gasteiger partial charge in [0, 0.05) is 26.2 Å². The van der Waals surface area contributed by atoms with Crippen LogP contribution >= 0.6 is 0 Å². The number of nitrogens with one attached hydrogen (secondary N) is 1. The summed E-state index contributed by atoms with van der Waals surface area (Å²) in [7, 11) is 0. The Morgan fingerprint density at radius 3 is 2.19 bits per heavy atom. The molecule has 0 spiro atoms. The van der Waals surface area contributed by atoms with E-state index in [0.29, 0.717) is 50.3 Å². The molecule has 0 atom stereocenters. The molecule has 198 valence electrons. The summed E-state index contributed by atoms with van der Waals surface area (Å²) in [5.74, 6) is -0.626. The van der Waals surface area contributed by atoms with Crippen LogP contribution in [-0.2, 0) is 26.5 Å². The summed E-state index contributed by atoms with van der Waals surface area (Å²) in [6.45, 7) is 7.24. The van der Waals surface area contributed by atoms with Crippen molar-refractivity contribution in [3.05, 3.63) is 65.7 Å². The maximum absolute atomic E-state index is 13.1. The van der Waals surface area contributed by atoms with Crippen molar-refractivity contribution in [3.8, 4) is 0 Å². The van der Waals surface area contributed by atoms with Crippen molar-refractivity contribution in [2.45, 2.75) is 51.4 Å². The third-order valence-electron chi connectivity index (χ3n) is 6.64. The zero-order valence-corrected chi connectivity index (χ0v) is 21.6. The first-order valence-corrected chi connectivity index (χ1v) is 12.6. The fraction of sp³-hybridized carbons (Fsp3) is 0.464. The Morgan fingerprint density at radius 2 is 1.65 bits per heavy atom. The quantitative estimate of drug-likeness (QED) is 0.631. The molecule has 0 radical (unpaired) electrons. The van der Waals surface area contributed by atoms with Crippen LogP contribution in [0.25, 0.3) is 0 Å². The number of likely N-dealkylation sites (tertiary alicyclic amines) is 1. The number of aliphatic hydroxyl groups is 1. The number of amides is 3. The van der Waals surface area contributed by atoms with Gasteiger partial charge in [0.2, 0.25) is 5.91 Å². The van der Waals surface area contributed by atoms with Gasteiger partial charge in [-0.25, -0.2) is 14.5 Å². The summed E-state index contributed by atoms with van der Waals surface area (Å²) in [4.78, 5) is 41.2. The fourth-order valence-electron chi connectivity index (χ4n) is 4.35. The van der Waals surface area contributed by atoms with Crippen LogP contribution in [0.1, 0.15) is 44.7 Å². The molecule has 2 fully saturated rings. The van der Waals surface area contributed by atoms with E-state index in [1.807, 2.05) is 51.1 Å². The second kappa shape index (κ2) is 10.9. The lowest BCUT2D eigenvalue weighted by molar-refractivity contribution is -0.123. The predicted molar refractivity (Wildman–Crippen MR) is 138 cm³/mol. The third-order valence-corrected chi connectivity index (χ3v) is 6.64. The van der Waals surface area contributed by atoms with E-state index < -0.39 is 23.4 Å². The molecule has 0 bridgehead atoms. The van der Waals surface area contributed by atoms with Crippen molar-refractivity contribution in [1.29, 1.82) is 0 Å². The Hall–Kier alpha value is -3.43. The van der Waals surface area contributed by atoms with Crippen LogP contribution in [0.3, 0.4) is 0 Å². The van der Waals surface area contributed by atoms with Gasteiger partial charge in [-0.3, -0.25) is 4.79 Å². The molecule has 4 rings (SSSR count). The van der Waals surface area contributed by atoms with E-state index in [-0.39, 0.29) is 18.4 Å². The lowest BCUT2D eigenvalue weighted by Crippen LogP contribution is -2.53. The van der Waals surface area contributed by atoms with Gasteiger partial charge in [-0.1, -0.05) is 42.5 Å². The summed E-state index contributed by atoms with van der Waals surface area (Å²) in [5.41, 5.74) is 0.159. The van der Waals surface area contributed by atoms with Crippen molar-refractivity contribution >= 4 is 23.8 Å². The zero-order valence-electron chi connectivity index (χ0n) is 21.6. The predicted octanol–water partition coefficient (Wildman–Crippen LogP) is 3.79. The van der Waals surface area contributed by atoms with Gasteiger partial charge in [0.25, 0.3) is 0 Å². The Morgan fingerprint density at radius 1 is 1.03 bits per heavy atom. The number of piperidine rings is 1. The molecule has 2 aromatic carbocycles. The van der Waals surface area contributed by atoms with E-state index >= 15 is 0 Å². The van der Waals surface area contributed by atoms with Crippen molar-refractivity contribution < 1.29 is 29.0 Å². The minimum absolute atomic E-state index is 0.0539. The summed E-state index contributed by atoms with van der Waals surface area (Å²) < 4.78 is 10.9. The molecule has 9 heteroatoms. The number of carbonyl (C=O) groups is 3. The second-order valence-electron chi connectivity index (χ2n) is 10.6. The third kappa shape index (κ3) is 6.47. The highest BCUT2D eigenvalue weighted by Gasteiger charge is 2.38. The molecule has 0 unspecified atom stereocenters. The van der Waals surface area contributed by atoms with Crippen LogP contribution in [0, 0.1) is 5.92 Å². The van der Waals surface area contributed by atoms with Gasteiger partial charge in [0.05, 0.1) is 17.2 Å². The number of nitrogens with zero attached hydrogens (tertiary/aromatic N) is 2. The summed E-state index contributed by atoms with van der Waals surface area (Å²) in [6, 6.07) is 16.0. The number of hydrogen-bond acceptors (Lipinski definition) is 7. The molecule has 2 aliphatic heterocycles. The number of carbonyl (C=O) groups excluding carboxylic acids is 3. The van der Waals surface area contributed by atoms with E-state index in [2.05, 4.69) is 5.32 Å². The first kappa shape index (κ1) is 26.6. The molecule has 2 aliphatic rings. The highest BCUT2D eigenvalue weighted by Crippen LogP contribution is 2.34. The Labute approximate surface area is 217 Å². The largest absolute Gasteiger partial charge is 0.444 e. The first-order chi connectivity index (χ1) is 17.6. The van der Waals surface area contributed by atoms with Crippen LogP contribution in [0.5, 0.6) is 0 Å². The maximum Gasteiger partial charge on any atom is 0.421 e. The van der Waals surface area contributed by atoms with Crippen molar-refractivity contribution in [3.63, 3.8) is 0 Å². The van der Waals surface area contributed by atoms with Crippen molar-refractivity contribution in [2.24, 2.45) is 5.92 Å². The highest BCUT2D eigenvalue weighted by atomic mass is 16.6. The fourth-order valence-corrected chi connectivity index (χ4v) is 4.35. The standard InChI is InChI=1S/C28H35N3O6/c1-27(2,3)37-25(33)30-15-13-28(35,14-16-30)22-9-11-23(12-10-22)31(24(32)21-17-29-18-21)26(34)36-19-20-7-5-4-6-8-20/h4-12,21,29,35H,13-19H2,1-3H3. The Bertz CT molecular complexity index is 1100. The van der Waals surface area contributed by atoms with E-state index in [9.17, 15) is 19.5 Å². The minimum Gasteiger partial charge on any atom is -0.444 e. The van der Waals surface area contributed by atoms with Crippen LogP contribution in [0.4, 0.5) is 15.3 Å². The number of anilines is 1. The summed E-state index contributed by atoms with van der Waals surface area (Å²) >= 11 is 0. The lowest BCUT2D eigenvalue weighted by atomic mass is 9.84. The average molecular weight is 510 g/mol. The van der Waals surface area contributed by atoms with Gasteiger partial charge in [-0.05, 0) is 56.9 Å². The van der Waals surface area contributed by atoms with Gasteiger partial charge >= 0.3 is 12.2 Å². The van der Waals surface area contributed by atoms with Crippen LogP contribution in [0.15, 0.2) is 54.6 Å². The summed E-state index contributed by atoms with van der Waals surface area (Å²) in [6.07, 6.45) is -0.432. The van der Waals surface area contributed by atoms with Crippen LogP contribution in [-0.4, -0.2) is 59.9 Å². The van der Waals surface area contributed by atoms with Crippen LogP contribution < -0.4 is 10.2 Å². The highest BCUT2D eigenvalue weighted by molar-refractivity contribution is 6.13. The number of ether oxygens (including phenoxy) is 2. The van der Waals surface area contributed by atoms with E-state index in [1.165, 1.54) is 0 Å². The van der Waals surface area contributed by atoms with E-state index in [0.717, 1.165) is 10.5 Å². The minimum atomic E-state index is -1.13. The first-order valence-electron chi connectivity index (χ1n) is 12.6. The average Bonchev–Trinajstić information content (AvgIpc) is 2.82. The molecule has 0 saturated carbocycles. The molecule has 2 aromatic rings. The topological polar surface area (TPSA) is 108 Å². The molecule has 37 heavy (non-hydrogen) atoms. The Kier molecular flexibility index (Phi) is 7.85. The van der Waals surface area contributed by atoms with Gasteiger partial charge in [0.15, 0.2) is 0 Å². The van der Waals surface area contributed by atoms with E-state index in [4.69, 9.17) is 9.47 Å². The Balaban J connectivity index is 1.45. The normalized spacial score (nSPS) is 17.5. The molecule has 2 saturated heterocycles. The lowest BCUT2D eigenvalue weighted by Gasteiger charge is -2.39. The van der Waals surface area contributed by atoms with Crippen molar-refractivity contribution in [1.82, 2.24) is 10.2 Å². The van der Waals surface area contributed by atoms with Gasteiger partial charge < -0.3 is 24.8 Å². The molecule has 2 N–H and O–H groups in total. The van der Waals surface area contributed by atoms with E-state index in [1.54, 1.807) is 29.2 Å². The SMILES string of the molecule is CC(C)(C)OC(=O)N1CCC(O)(c2ccc(N(C(=O)OCc3ccccc3)C(=O)C3CNC3)cc2)CC1. The van der Waals surface area contributed by atoms with Gasteiger partial charge in [0.1, 0.15) is 12.2 Å². The van der Waals surface area contributed by atoms with Crippen molar-refractivity contribution in [2.75, 3.05) is 31.1 Å². The van der Waals surface area contributed by atoms with Gasteiger partial charge in [-0.2, -0.15) is 0 Å². The van der Waals surface area contributed by atoms with Crippen LogP contribution in [0.2, 0.25) is 0 Å². The molecule has 3 amide bonds. The monoisotopic (exact) mass is 509 g/mol. The molecule has 0 aliphatic carbocycles.